The SMILES string of the molecule is COC(C)CC(O)Cc1cc(F)ccc1Br. The molecule has 0 radical (unpaired) electrons. The number of aliphatic hydroxyl groups is 1. The van der Waals surface area contributed by atoms with Gasteiger partial charge >= 0.3 is 0 Å². The lowest BCUT2D eigenvalue weighted by Crippen LogP contribution is -2.19. The van der Waals surface area contributed by atoms with Crippen molar-refractivity contribution in [3.05, 3.63) is 34.1 Å². The highest BCUT2D eigenvalue weighted by Gasteiger charge is 2.12. The number of halogens is 2. The smallest absolute Gasteiger partial charge is 0.123 e. The standard InChI is InChI=1S/C12H16BrFO2/c1-8(16-2)5-11(15)7-9-6-10(14)3-4-12(9)13/h3-4,6,8,11,15H,5,7H2,1-2H3. The first kappa shape index (κ1) is 13.6. The van der Waals surface area contributed by atoms with E-state index in [2.05, 4.69) is 15.9 Å². The highest BCUT2D eigenvalue weighted by atomic mass is 79.9. The van der Waals surface area contributed by atoms with Crippen molar-refractivity contribution in [3.63, 3.8) is 0 Å². The van der Waals surface area contributed by atoms with E-state index in [0.717, 1.165) is 10.0 Å². The third kappa shape index (κ3) is 4.20. The van der Waals surface area contributed by atoms with Crippen LogP contribution in [0.3, 0.4) is 0 Å². The summed E-state index contributed by atoms with van der Waals surface area (Å²) in [5, 5.41) is 9.80. The Morgan fingerprint density at radius 3 is 2.81 bits per heavy atom. The zero-order chi connectivity index (χ0) is 12.1. The molecule has 90 valence electrons. The van der Waals surface area contributed by atoms with E-state index in [4.69, 9.17) is 4.74 Å². The second-order valence-corrected chi connectivity index (χ2v) is 4.73. The number of hydrogen-bond donors (Lipinski definition) is 1. The van der Waals surface area contributed by atoms with Crippen LogP contribution < -0.4 is 0 Å². The summed E-state index contributed by atoms with van der Waals surface area (Å²) in [7, 11) is 1.61. The van der Waals surface area contributed by atoms with Crippen molar-refractivity contribution in [1.29, 1.82) is 0 Å². The van der Waals surface area contributed by atoms with Gasteiger partial charge in [-0.3, -0.25) is 0 Å². The largest absolute Gasteiger partial charge is 0.393 e. The molecule has 0 bridgehead atoms. The third-order valence-corrected chi connectivity index (χ3v) is 3.24. The van der Waals surface area contributed by atoms with E-state index in [0.29, 0.717) is 12.8 Å². The van der Waals surface area contributed by atoms with Gasteiger partial charge < -0.3 is 9.84 Å². The van der Waals surface area contributed by atoms with Crippen molar-refractivity contribution in [2.24, 2.45) is 0 Å². The number of ether oxygens (including phenoxy) is 1. The van der Waals surface area contributed by atoms with Gasteiger partial charge in [0.1, 0.15) is 5.82 Å². The molecule has 0 saturated carbocycles. The van der Waals surface area contributed by atoms with Gasteiger partial charge in [-0.2, -0.15) is 0 Å². The van der Waals surface area contributed by atoms with Gasteiger partial charge in [-0.1, -0.05) is 15.9 Å². The first-order valence-electron chi connectivity index (χ1n) is 5.17. The zero-order valence-corrected chi connectivity index (χ0v) is 11.0. The van der Waals surface area contributed by atoms with Gasteiger partial charge in [0, 0.05) is 11.6 Å². The summed E-state index contributed by atoms with van der Waals surface area (Å²) in [6.45, 7) is 1.89. The molecule has 0 heterocycles. The minimum Gasteiger partial charge on any atom is -0.393 e. The Labute approximate surface area is 104 Å². The summed E-state index contributed by atoms with van der Waals surface area (Å²) in [5.74, 6) is -0.287. The topological polar surface area (TPSA) is 29.5 Å². The monoisotopic (exact) mass is 290 g/mol. The molecule has 2 atom stereocenters. The number of rotatable bonds is 5. The molecule has 0 aliphatic rings. The first-order valence-corrected chi connectivity index (χ1v) is 5.97. The van der Waals surface area contributed by atoms with Crippen LogP contribution in [-0.2, 0) is 11.2 Å². The average Bonchev–Trinajstić information content (AvgIpc) is 2.23. The van der Waals surface area contributed by atoms with Crippen LogP contribution in [0, 0.1) is 5.82 Å². The number of aliphatic hydroxyl groups excluding tert-OH is 1. The minimum absolute atomic E-state index is 0.00216. The van der Waals surface area contributed by atoms with Crippen molar-refractivity contribution in [1.82, 2.24) is 0 Å². The van der Waals surface area contributed by atoms with Crippen LogP contribution in [-0.4, -0.2) is 24.4 Å². The van der Waals surface area contributed by atoms with Gasteiger partial charge in [-0.15, -0.1) is 0 Å². The summed E-state index contributed by atoms with van der Waals surface area (Å²) >= 11 is 3.33. The molecule has 0 fully saturated rings. The Bertz CT molecular complexity index is 344. The molecule has 16 heavy (non-hydrogen) atoms. The average molecular weight is 291 g/mol. The fourth-order valence-corrected chi connectivity index (χ4v) is 1.92. The van der Waals surface area contributed by atoms with E-state index in [1.165, 1.54) is 12.1 Å². The van der Waals surface area contributed by atoms with E-state index in [1.54, 1.807) is 13.2 Å². The molecule has 1 aromatic rings. The van der Waals surface area contributed by atoms with Gasteiger partial charge in [-0.05, 0) is 43.5 Å². The van der Waals surface area contributed by atoms with Crippen LogP contribution in [0.4, 0.5) is 4.39 Å². The predicted molar refractivity (Wildman–Crippen MR) is 64.9 cm³/mol. The van der Waals surface area contributed by atoms with Crippen molar-refractivity contribution >= 4 is 15.9 Å². The van der Waals surface area contributed by atoms with Gasteiger partial charge in [-0.25, -0.2) is 4.39 Å². The van der Waals surface area contributed by atoms with Gasteiger partial charge in [0.2, 0.25) is 0 Å². The Morgan fingerprint density at radius 1 is 1.50 bits per heavy atom. The Balaban J connectivity index is 2.61. The summed E-state index contributed by atoms with van der Waals surface area (Å²) in [5.41, 5.74) is 0.774. The predicted octanol–water partition coefficient (Wildman–Crippen LogP) is 2.92. The van der Waals surface area contributed by atoms with Gasteiger partial charge in [0.05, 0.1) is 12.2 Å². The van der Waals surface area contributed by atoms with Crippen LogP contribution >= 0.6 is 15.9 Å². The van der Waals surface area contributed by atoms with E-state index in [-0.39, 0.29) is 11.9 Å². The molecular weight excluding hydrogens is 275 g/mol. The fourth-order valence-electron chi connectivity index (χ4n) is 1.52. The Hall–Kier alpha value is -0.450. The van der Waals surface area contributed by atoms with E-state index >= 15 is 0 Å². The van der Waals surface area contributed by atoms with Crippen molar-refractivity contribution in [3.8, 4) is 0 Å². The highest BCUT2D eigenvalue weighted by molar-refractivity contribution is 9.10. The molecule has 1 N–H and O–H groups in total. The molecule has 4 heteroatoms. The van der Waals surface area contributed by atoms with Gasteiger partial charge in [0.15, 0.2) is 0 Å². The minimum atomic E-state index is -0.520. The van der Waals surface area contributed by atoms with Crippen LogP contribution in [0.1, 0.15) is 18.9 Å². The van der Waals surface area contributed by atoms with Crippen molar-refractivity contribution in [2.45, 2.75) is 32.0 Å². The van der Waals surface area contributed by atoms with Crippen molar-refractivity contribution in [2.75, 3.05) is 7.11 Å². The number of methoxy groups -OCH3 is 1. The maximum absolute atomic E-state index is 13.0. The van der Waals surface area contributed by atoms with Crippen LogP contribution in [0.25, 0.3) is 0 Å². The molecular formula is C12H16BrFO2. The summed E-state index contributed by atoms with van der Waals surface area (Å²) in [6, 6.07) is 4.47. The fraction of sp³-hybridized carbons (Fsp3) is 0.500. The zero-order valence-electron chi connectivity index (χ0n) is 9.41. The van der Waals surface area contributed by atoms with E-state index < -0.39 is 6.10 Å². The maximum atomic E-state index is 13.0. The first-order chi connectivity index (χ1) is 7.52. The normalized spacial score (nSPS) is 14.8. The molecule has 0 aliphatic carbocycles. The molecule has 0 aliphatic heterocycles. The molecule has 0 aromatic heterocycles. The molecule has 1 aromatic carbocycles. The second kappa shape index (κ2) is 6.33. The molecule has 0 saturated heterocycles. The van der Waals surface area contributed by atoms with Crippen LogP contribution in [0.15, 0.2) is 22.7 Å². The summed E-state index contributed by atoms with van der Waals surface area (Å²) in [6.07, 6.45) is 0.446. The van der Waals surface area contributed by atoms with Gasteiger partial charge in [0.25, 0.3) is 0 Å². The quantitative estimate of drug-likeness (QED) is 0.904. The van der Waals surface area contributed by atoms with E-state index in [9.17, 15) is 9.50 Å². The molecule has 1 rings (SSSR count). The Kier molecular flexibility index (Phi) is 5.38. The molecule has 2 unspecified atom stereocenters. The van der Waals surface area contributed by atoms with Crippen LogP contribution in [0.2, 0.25) is 0 Å². The lowest BCUT2D eigenvalue weighted by atomic mass is 10.0. The molecule has 0 amide bonds. The summed E-state index contributed by atoms with van der Waals surface area (Å²) in [4.78, 5) is 0. The lowest BCUT2D eigenvalue weighted by Gasteiger charge is -2.15. The third-order valence-electron chi connectivity index (χ3n) is 2.47. The molecule has 0 spiro atoms. The maximum Gasteiger partial charge on any atom is 0.123 e. The number of benzene rings is 1. The van der Waals surface area contributed by atoms with E-state index in [1.807, 2.05) is 6.92 Å². The molecule has 2 nitrogen and oxygen atoms in total. The number of hydrogen-bond acceptors (Lipinski definition) is 2. The van der Waals surface area contributed by atoms with Crippen LogP contribution in [0.5, 0.6) is 0 Å². The lowest BCUT2D eigenvalue weighted by molar-refractivity contribution is 0.0565. The second-order valence-electron chi connectivity index (χ2n) is 3.88. The summed E-state index contributed by atoms with van der Waals surface area (Å²) < 4.78 is 18.9. The highest BCUT2D eigenvalue weighted by Crippen LogP contribution is 2.20. The van der Waals surface area contributed by atoms with Crippen molar-refractivity contribution < 1.29 is 14.2 Å². The Morgan fingerprint density at radius 2 is 2.19 bits per heavy atom.